The average molecular weight is 413 g/mol. The van der Waals surface area contributed by atoms with Crippen LogP contribution in [0.25, 0.3) is 0 Å². The van der Waals surface area contributed by atoms with Crippen LogP contribution in [0, 0.1) is 0 Å². The van der Waals surface area contributed by atoms with Crippen molar-refractivity contribution in [3.8, 4) is 0 Å². The van der Waals surface area contributed by atoms with Gasteiger partial charge < -0.3 is 10.1 Å². The Kier molecular flexibility index (Phi) is 6.44. The molecule has 2 rings (SSSR count). The summed E-state index contributed by atoms with van der Waals surface area (Å²) in [6.45, 7) is 3.58. The van der Waals surface area contributed by atoms with Gasteiger partial charge in [-0.25, -0.2) is 4.79 Å². The number of anilines is 1. The number of nitrogens with one attached hydrogen (secondary N) is 1. The monoisotopic (exact) mass is 412 g/mol. The second kappa shape index (κ2) is 8.34. The number of hydrogen-bond donors (Lipinski definition) is 1. The third kappa shape index (κ3) is 4.61. The van der Waals surface area contributed by atoms with Crippen molar-refractivity contribution in [1.29, 1.82) is 0 Å². The molecule has 0 spiro atoms. The molecule has 1 saturated heterocycles. The van der Waals surface area contributed by atoms with Crippen molar-refractivity contribution in [3.63, 3.8) is 0 Å². The normalized spacial score (nSPS) is 17.0. The number of carbonyl (C=O) groups is 3. The summed E-state index contributed by atoms with van der Waals surface area (Å²) in [6.07, 6.45) is 1.25. The lowest BCUT2D eigenvalue weighted by Gasteiger charge is -2.24. The number of nitrogens with zero attached hydrogens (tertiary/aromatic N) is 1. The van der Waals surface area contributed by atoms with E-state index in [1.807, 2.05) is 12.1 Å². The van der Waals surface area contributed by atoms with Crippen molar-refractivity contribution in [2.75, 3.05) is 17.7 Å². The lowest BCUT2D eigenvalue weighted by Crippen LogP contribution is -2.42. The zero-order valence-corrected chi connectivity index (χ0v) is 15.6. The second-order valence-electron chi connectivity index (χ2n) is 4.96. The first-order valence-electron chi connectivity index (χ1n) is 7.32. The largest absolute Gasteiger partial charge is 0.463 e. The molecule has 1 aromatic carbocycles. The highest BCUT2D eigenvalue weighted by atomic mass is 79.9. The quantitative estimate of drug-likeness (QED) is 0.594. The average Bonchev–Trinajstić information content (AvgIpc) is 2.89. The number of carbonyl (C=O) groups excluding carboxylic acids is 3. The van der Waals surface area contributed by atoms with Crippen molar-refractivity contribution in [2.24, 2.45) is 0 Å². The van der Waals surface area contributed by atoms with E-state index in [1.54, 1.807) is 26.0 Å². The summed E-state index contributed by atoms with van der Waals surface area (Å²) in [5.41, 5.74) is 0.630. The molecule has 8 heteroatoms. The number of benzene rings is 1. The maximum absolute atomic E-state index is 12.4. The van der Waals surface area contributed by atoms with Crippen molar-refractivity contribution in [1.82, 2.24) is 4.90 Å². The summed E-state index contributed by atoms with van der Waals surface area (Å²) < 4.78 is 5.76. The molecule has 0 bridgehead atoms. The number of esters is 1. The van der Waals surface area contributed by atoms with E-state index in [-0.39, 0.29) is 24.2 Å². The van der Waals surface area contributed by atoms with Crippen molar-refractivity contribution < 1.29 is 19.1 Å². The first-order chi connectivity index (χ1) is 11.4. The van der Waals surface area contributed by atoms with Gasteiger partial charge in [0.1, 0.15) is 6.04 Å². The molecule has 0 unspecified atom stereocenters. The van der Waals surface area contributed by atoms with Gasteiger partial charge in [-0.3, -0.25) is 14.5 Å². The fourth-order valence-corrected chi connectivity index (χ4v) is 3.35. The van der Waals surface area contributed by atoms with Gasteiger partial charge in [0.05, 0.1) is 23.5 Å². The summed E-state index contributed by atoms with van der Waals surface area (Å²) in [6, 6.07) is 6.39. The van der Waals surface area contributed by atoms with Gasteiger partial charge in [-0.05, 0) is 38.1 Å². The Balaban J connectivity index is 2.11. The van der Waals surface area contributed by atoms with Gasteiger partial charge in [-0.1, -0.05) is 27.7 Å². The molecular weight excluding hydrogens is 396 g/mol. The van der Waals surface area contributed by atoms with Crippen LogP contribution in [0.5, 0.6) is 0 Å². The summed E-state index contributed by atoms with van der Waals surface area (Å²) in [7, 11) is 0. The van der Waals surface area contributed by atoms with Crippen molar-refractivity contribution >= 4 is 51.2 Å². The highest BCUT2D eigenvalue weighted by Crippen LogP contribution is 2.31. The summed E-state index contributed by atoms with van der Waals surface area (Å²) >= 11 is 4.54. The fourth-order valence-electron chi connectivity index (χ4n) is 2.10. The topological polar surface area (TPSA) is 75.7 Å². The lowest BCUT2D eigenvalue weighted by molar-refractivity contribution is -0.137. The smallest absolute Gasteiger partial charge is 0.333 e. The first kappa shape index (κ1) is 18.5. The molecule has 2 amide bonds. The summed E-state index contributed by atoms with van der Waals surface area (Å²) in [4.78, 5) is 37.5. The Bertz CT molecular complexity index is 675. The zero-order chi connectivity index (χ0) is 17.7. The third-order valence-corrected chi connectivity index (χ3v) is 4.79. The number of amides is 2. The van der Waals surface area contributed by atoms with E-state index < -0.39 is 12.0 Å². The van der Waals surface area contributed by atoms with Gasteiger partial charge in [-0.15, -0.1) is 0 Å². The minimum atomic E-state index is -0.739. The molecule has 1 N–H and O–H groups in total. The van der Waals surface area contributed by atoms with Crippen LogP contribution in [0.15, 0.2) is 39.8 Å². The number of ether oxygens (including phenoxy) is 1. The van der Waals surface area contributed by atoms with Crippen LogP contribution < -0.4 is 5.32 Å². The van der Waals surface area contributed by atoms with Crippen LogP contribution in [0.3, 0.4) is 0 Å². The van der Waals surface area contributed by atoms with Gasteiger partial charge in [-0.2, -0.15) is 0 Å². The number of rotatable bonds is 5. The fraction of sp³-hybridized carbons (Fsp3) is 0.312. The predicted molar refractivity (Wildman–Crippen MR) is 96.3 cm³/mol. The molecule has 0 aromatic heterocycles. The Morgan fingerprint density at radius 1 is 1.42 bits per heavy atom. The zero-order valence-electron chi connectivity index (χ0n) is 13.2. The molecule has 0 aliphatic carbocycles. The van der Waals surface area contributed by atoms with Crippen LogP contribution in [-0.2, 0) is 19.1 Å². The molecule has 0 saturated carbocycles. The Labute approximate surface area is 152 Å². The minimum Gasteiger partial charge on any atom is -0.463 e. The highest BCUT2D eigenvalue weighted by molar-refractivity contribution is 9.10. The Hall–Kier alpha value is -1.80. The summed E-state index contributed by atoms with van der Waals surface area (Å²) in [5, 5.41) is 3.19. The Morgan fingerprint density at radius 2 is 2.08 bits per heavy atom. The second-order valence-corrected chi connectivity index (χ2v) is 6.87. The maximum Gasteiger partial charge on any atom is 0.333 e. The molecule has 1 atom stereocenters. The van der Waals surface area contributed by atoms with Crippen molar-refractivity contribution in [2.45, 2.75) is 19.9 Å². The van der Waals surface area contributed by atoms with Crippen LogP contribution in [0.1, 0.15) is 13.8 Å². The van der Waals surface area contributed by atoms with Gasteiger partial charge in [0.25, 0.3) is 0 Å². The predicted octanol–water partition coefficient (Wildman–Crippen LogP) is 2.76. The SMILES string of the molecule is CCOC(=O)/C=C1\SCC(=O)N1[C@H](C)C(=O)Nc1ccc(Br)cc1. The van der Waals surface area contributed by atoms with Gasteiger partial charge in [0.15, 0.2) is 0 Å². The first-order valence-corrected chi connectivity index (χ1v) is 9.10. The standard InChI is InChI=1S/C16H17BrN2O4S/c1-3-23-15(21)8-14-19(13(20)9-24-14)10(2)16(22)18-12-6-4-11(17)5-7-12/h4-8,10H,3,9H2,1-2H3,(H,18,22)/b14-8-/t10-/m1/s1. The van der Waals surface area contributed by atoms with Crippen LogP contribution in [0.2, 0.25) is 0 Å². The minimum absolute atomic E-state index is 0.196. The molecule has 6 nitrogen and oxygen atoms in total. The van der Waals surface area contributed by atoms with Gasteiger partial charge in [0.2, 0.25) is 11.8 Å². The molecular formula is C16H17BrN2O4S. The van der Waals surface area contributed by atoms with E-state index in [2.05, 4.69) is 21.2 Å². The molecule has 24 heavy (non-hydrogen) atoms. The van der Waals surface area contributed by atoms with E-state index in [0.717, 1.165) is 4.47 Å². The van der Waals surface area contributed by atoms with Gasteiger partial charge in [0, 0.05) is 10.2 Å². The molecule has 1 aromatic rings. The molecule has 128 valence electrons. The van der Waals surface area contributed by atoms with Crippen LogP contribution in [0.4, 0.5) is 5.69 Å². The lowest BCUT2D eigenvalue weighted by atomic mass is 10.2. The van der Waals surface area contributed by atoms with Crippen LogP contribution >= 0.6 is 27.7 Å². The Morgan fingerprint density at radius 3 is 2.71 bits per heavy atom. The number of halogens is 1. The van der Waals surface area contributed by atoms with E-state index in [1.165, 1.54) is 22.7 Å². The van der Waals surface area contributed by atoms with E-state index in [9.17, 15) is 14.4 Å². The number of thioether (sulfide) groups is 1. The molecule has 1 aliphatic rings. The molecule has 1 aliphatic heterocycles. The van der Waals surface area contributed by atoms with Crippen LogP contribution in [-0.4, -0.2) is 41.1 Å². The maximum atomic E-state index is 12.4. The summed E-state index contributed by atoms with van der Waals surface area (Å²) in [5.74, 6) is -0.877. The highest BCUT2D eigenvalue weighted by Gasteiger charge is 2.34. The van der Waals surface area contributed by atoms with E-state index in [4.69, 9.17) is 4.74 Å². The van der Waals surface area contributed by atoms with E-state index >= 15 is 0 Å². The number of hydrogen-bond acceptors (Lipinski definition) is 5. The van der Waals surface area contributed by atoms with Gasteiger partial charge >= 0.3 is 5.97 Å². The molecule has 0 radical (unpaired) electrons. The third-order valence-electron chi connectivity index (χ3n) is 3.26. The molecule has 1 fully saturated rings. The van der Waals surface area contributed by atoms with Crippen molar-refractivity contribution in [3.05, 3.63) is 39.8 Å². The molecule has 1 heterocycles. The van der Waals surface area contributed by atoms with E-state index in [0.29, 0.717) is 10.7 Å².